The van der Waals surface area contributed by atoms with Crippen LogP contribution in [-0.4, -0.2) is 36.5 Å². The van der Waals surface area contributed by atoms with E-state index in [1.54, 1.807) is 0 Å². The molecule has 1 heterocycles. The van der Waals surface area contributed by atoms with Gasteiger partial charge in [0.15, 0.2) is 6.10 Å². The fourth-order valence-corrected chi connectivity index (χ4v) is 2.19. The van der Waals surface area contributed by atoms with Crippen molar-refractivity contribution >= 4 is 27.8 Å². The van der Waals surface area contributed by atoms with Gasteiger partial charge in [-0.1, -0.05) is 34.1 Å². The molecule has 0 saturated heterocycles. The van der Waals surface area contributed by atoms with Gasteiger partial charge in [-0.25, -0.2) is 0 Å². The first-order valence-corrected chi connectivity index (χ1v) is 6.77. The number of amides is 1. The number of carbonyl (C=O) groups is 2. The number of nitrogens with one attached hydrogen (secondary N) is 1. The van der Waals surface area contributed by atoms with Gasteiger partial charge in [0.1, 0.15) is 10.6 Å². The molecule has 0 radical (unpaired) electrons. The molecule has 1 N–H and O–H groups in total. The highest BCUT2D eigenvalue weighted by Crippen LogP contribution is 2.28. The van der Waals surface area contributed by atoms with Gasteiger partial charge in [0, 0.05) is 13.0 Å². The molecule has 0 aromatic heterocycles. The zero-order valence-corrected chi connectivity index (χ0v) is 12.0. The summed E-state index contributed by atoms with van der Waals surface area (Å²) in [6.45, 7) is 0.168. The number of benzene rings is 1. The van der Waals surface area contributed by atoms with Crippen LogP contribution < -0.4 is 10.1 Å². The van der Waals surface area contributed by atoms with Gasteiger partial charge < -0.3 is 14.8 Å². The number of esters is 1. The van der Waals surface area contributed by atoms with Crippen molar-refractivity contribution in [2.75, 3.05) is 13.7 Å². The highest BCUT2D eigenvalue weighted by molar-refractivity contribution is 9.10. The quantitative estimate of drug-likeness (QED) is 0.663. The van der Waals surface area contributed by atoms with E-state index in [4.69, 9.17) is 4.74 Å². The zero-order chi connectivity index (χ0) is 13.8. The predicted octanol–water partition coefficient (Wildman–Crippen LogP) is 1.04. The van der Waals surface area contributed by atoms with Crippen LogP contribution in [0.3, 0.4) is 0 Å². The molecule has 0 fully saturated rings. The highest BCUT2D eigenvalue weighted by atomic mass is 79.9. The van der Waals surface area contributed by atoms with E-state index in [0.29, 0.717) is 6.42 Å². The Morgan fingerprint density at radius 3 is 2.95 bits per heavy atom. The minimum Gasteiger partial charge on any atom is -0.480 e. The Hall–Kier alpha value is -1.56. The molecule has 5 nitrogen and oxygen atoms in total. The number of ether oxygens (including phenoxy) is 2. The first-order chi connectivity index (χ1) is 9.11. The second-order valence-corrected chi connectivity index (χ2v) is 5.26. The predicted molar refractivity (Wildman–Crippen MR) is 72.3 cm³/mol. The van der Waals surface area contributed by atoms with Crippen molar-refractivity contribution in [2.24, 2.45) is 0 Å². The van der Waals surface area contributed by atoms with E-state index in [0.717, 1.165) is 11.3 Å². The minimum atomic E-state index is -0.551. The van der Waals surface area contributed by atoms with E-state index >= 15 is 0 Å². The average Bonchev–Trinajstić information content (AvgIpc) is 2.87. The van der Waals surface area contributed by atoms with E-state index in [9.17, 15) is 9.59 Å². The van der Waals surface area contributed by atoms with Gasteiger partial charge in [-0.2, -0.15) is 0 Å². The fraction of sp³-hybridized carbons (Fsp3) is 0.385. The third-order valence-corrected chi connectivity index (χ3v) is 3.55. The lowest BCUT2D eigenvalue weighted by Gasteiger charge is -2.13. The summed E-state index contributed by atoms with van der Waals surface area (Å²) in [6, 6.07) is 7.55. The summed E-state index contributed by atoms with van der Waals surface area (Å²) in [5, 5.41) is 2.66. The van der Waals surface area contributed by atoms with Crippen LogP contribution in [0.5, 0.6) is 5.75 Å². The molecule has 1 aliphatic rings. The van der Waals surface area contributed by atoms with Crippen LogP contribution >= 0.6 is 15.9 Å². The Bertz CT molecular complexity index is 466. The molecule has 0 saturated carbocycles. The molecule has 1 aromatic carbocycles. The zero-order valence-electron chi connectivity index (χ0n) is 10.4. The molecule has 2 unspecified atom stereocenters. The van der Waals surface area contributed by atoms with Crippen LogP contribution in [-0.2, 0) is 20.7 Å². The van der Waals surface area contributed by atoms with Gasteiger partial charge in [0.2, 0.25) is 0 Å². The molecule has 0 bridgehead atoms. The van der Waals surface area contributed by atoms with Gasteiger partial charge in [-0.3, -0.25) is 9.59 Å². The second kappa shape index (κ2) is 6.06. The molecule has 1 aliphatic heterocycles. The Kier molecular flexibility index (Phi) is 4.42. The number of methoxy groups -OCH3 is 1. The summed E-state index contributed by atoms with van der Waals surface area (Å²) in [6.07, 6.45) is 0.0162. The molecule has 2 atom stereocenters. The summed E-state index contributed by atoms with van der Waals surface area (Å²) >= 11 is 3.14. The molecule has 6 heteroatoms. The summed E-state index contributed by atoms with van der Waals surface area (Å²) in [5.41, 5.74) is 1.02. The lowest BCUT2D eigenvalue weighted by molar-refractivity contribution is -0.139. The van der Waals surface area contributed by atoms with Gasteiger partial charge in [0.05, 0.1) is 7.11 Å². The van der Waals surface area contributed by atoms with E-state index in [-0.39, 0.29) is 12.5 Å². The van der Waals surface area contributed by atoms with E-state index in [1.807, 2.05) is 24.3 Å². The average molecular weight is 328 g/mol. The number of para-hydroxylation sites is 1. The molecule has 0 aliphatic carbocycles. The maximum Gasteiger partial charge on any atom is 0.321 e. The number of carbonyl (C=O) groups excluding carboxylic acids is 2. The maximum atomic E-state index is 11.9. The lowest BCUT2D eigenvalue weighted by Crippen LogP contribution is -2.41. The number of halogens is 1. The third-order valence-electron chi connectivity index (χ3n) is 2.85. The summed E-state index contributed by atoms with van der Waals surface area (Å²) in [7, 11) is 1.30. The van der Waals surface area contributed by atoms with E-state index in [2.05, 4.69) is 26.0 Å². The Morgan fingerprint density at radius 2 is 2.26 bits per heavy atom. The topological polar surface area (TPSA) is 64.6 Å². The second-order valence-electron chi connectivity index (χ2n) is 4.15. The molecule has 0 spiro atoms. The molecule has 102 valence electrons. The molecular formula is C13H14BrNO4. The van der Waals surface area contributed by atoms with Crippen LogP contribution in [0.4, 0.5) is 0 Å². The first kappa shape index (κ1) is 13.9. The number of rotatable bonds is 4. The monoisotopic (exact) mass is 327 g/mol. The van der Waals surface area contributed by atoms with Crippen LogP contribution in [0.1, 0.15) is 5.56 Å². The Balaban J connectivity index is 1.85. The maximum absolute atomic E-state index is 11.9. The number of alkyl halides is 1. The molecule has 1 aromatic rings. The molecule has 1 amide bonds. The van der Waals surface area contributed by atoms with Gasteiger partial charge in [0.25, 0.3) is 5.91 Å². The third kappa shape index (κ3) is 3.26. The van der Waals surface area contributed by atoms with Crippen LogP contribution in [0.2, 0.25) is 0 Å². The van der Waals surface area contributed by atoms with Crippen molar-refractivity contribution in [3.05, 3.63) is 29.8 Å². The lowest BCUT2D eigenvalue weighted by atomic mass is 10.1. The molecule has 2 rings (SSSR count). The first-order valence-electron chi connectivity index (χ1n) is 5.86. The summed E-state index contributed by atoms with van der Waals surface area (Å²) in [4.78, 5) is 22.5. The largest absolute Gasteiger partial charge is 0.480 e. The van der Waals surface area contributed by atoms with Crippen molar-refractivity contribution in [1.82, 2.24) is 5.32 Å². The van der Waals surface area contributed by atoms with Crippen molar-refractivity contribution in [3.63, 3.8) is 0 Å². The van der Waals surface area contributed by atoms with Gasteiger partial charge in [-0.15, -0.1) is 0 Å². The normalized spacial score (nSPS) is 18.1. The number of hydrogen-bond donors (Lipinski definition) is 1. The summed E-state index contributed by atoms with van der Waals surface area (Å²) < 4.78 is 10.1. The van der Waals surface area contributed by atoms with Crippen LogP contribution in [0.15, 0.2) is 24.3 Å². The molecule has 19 heavy (non-hydrogen) atoms. The summed E-state index contributed by atoms with van der Waals surface area (Å²) in [5.74, 6) is 0.0893. The molecular weight excluding hydrogens is 314 g/mol. The van der Waals surface area contributed by atoms with Crippen molar-refractivity contribution < 1.29 is 19.1 Å². The van der Waals surface area contributed by atoms with Crippen molar-refractivity contribution in [1.29, 1.82) is 0 Å². The number of fused-ring (bicyclic) bond motifs is 1. The van der Waals surface area contributed by atoms with Crippen molar-refractivity contribution in [3.8, 4) is 5.75 Å². The van der Waals surface area contributed by atoms with E-state index < -0.39 is 16.9 Å². The smallest absolute Gasteiger partial charge is 0.321 e. The van der Waals surface area contributed by atoms with Crippen LogP contribution in [0.25, 0.3) is 0 Å². The van der Waals surface area contributed by atoms with E-state index in [1.165, 1.54) is 7.11 Å². The minimum absolute atomic E-state index is 0.168. The standard InChI is InChI=1S/C13H14BrNO4/c1-18-13(17)9(14)7-15-12(16)11-6-8-4-2-3-5-10(8)19-11/h2-5,9,11H,6-7H2,1H3,(H,15,16). The number of hydrogen-bond acceptors (Lipinski definition) is 4. The Morgan fingerprint density at radius 1 is 1.53 bits per heavy atom. The van der Waals surface area contributed by atoms with Crippen LogP contribution in [0, 0.1) is 0 Å². The van der Waals surface area contributed by atoms with Gasteiger partial charge in [-0.05, 0) is 11.6 Å². The SMILES string of the molecule is COC(=O)C(Br)CNC(=O)C1Cc2ccccc2O1. The fourth-order valence-electron chi connectivity index (χ4n) is 1.84. The highest BCUT2D eigenvalue weighted by Gasteiger charge is 2.29. The Labute approximate surface area is 119 Å². The van der Waals surface area contributed by atoms with Gasteiger partial charge >= 0.3 is 5.97 Å². The van der Waals surface area contributed by atoms with Crippen molar-refractivity contribution in [2.45, 2.75) is 17.4 Å².